The van der Waals surface area contributed by atoms with Crippen molar-refractivity contribution in [1.29, 1.82) is 0 Å². The molecule has 3 atom stereocenters. The molecule has 3 rings (SSSR count). The van der Waals surface area contributed by atoms with E-state index in [4.69, 9.17) is 4.74 Å². The van der Waals surface area contributed by atoms with Gasteiger partial charge in [-0.2, -0.15) is 0 Å². The van der Waals surface area contributed by atoms with Gasteiger partial charge < -0.3 is 20.5 Å². The predicted molar refractivity (Wildman–Crippen MR) is 112 cm³/mol. The lowest BCUT2D eigenvalue weighted by molar-refractivity contribution is 0.131. The maximum atomic E-state index is 13.9. The summed E-state index contributed by atoms with van der Waals surface area (Å²) < 4.78 is 33.4. The minimum absolute atomic E-state index is 0. The predicted octanol–water partition coefficient (Wildman–Crippen LogP) is 2.78. The molecule has 0 radical (unpaired) electrons. The van der Waals surface area contributed by atoms with Crippen molar-refractivity contribution >= 4 is 29.9 Å². The first-order valence-corrected chi connectivity index (χ1v) is 9.26. The number of benzene rings is 1. The molecule has 8 heteroatoms. The van der Waals surface area contributed by atoms with E-state index in [0.29, 0.717) is 45.1 Å². The summed E-state index contributed by atoms with van der Waals surface area (Å²) >= 11 is 0. The Hall–Kier alpha value is -1.000. The molecule has 1 heterocycles. The molecule has 1 aromatic carbocycles. The first-order chi connectivity index (χ1) is 12.6. The summed E-state index contributed by atoms with van der Waals surface area (Å²) in [5.74, 6) is -0.528. The van der Waals surface area contributed by atoms with Gasteiger partial charge >= 0.3 is 0 Å². The van der Waals surface area contributed by atoms with Crippen LogP contribution in [0, 0.1) is 17.0 Å². The number of aliphatic hydroxyl groups excluding tert-OH is 1. The summed E-state index contributed by atoms with van der Waals surface area (Å²) in [6.45, 7) is 4.62. The number of aliphatic imine (C=N–C) groups is 1. The van der Waals surface area contributed by atoms with Crippen molar-refractivity contribution < 1.29 is 18.6 Å². The van der Waals surface area contributed by atoms with Crippen LogP contribution in [0.1, 0.15) is 37.7 Å². The summed E-state index contributed by atoms with van der Waals surface area (Å²) in [5, 5.41) is 15.8. The molecule has 27 heavy (non-hydrogen) atoms. The Labute approximate surface area is 176 Å². The van der Waals surface area contributed by atoms with Crippen molar-refractivity contribution in [3.8, 4) is 0 Å². The van der Waals surface area contributed by atoms with Crippen LogP contribution in [-0.2, 0) is 4.74 Å². The van der Waals surface area contributed by atoms with Crippen molar-refractivity contribution in [3.63, 3.8) is 0 Å². The van der Waals surface area contributed by atoms with E-state index in [1.165, 1.54) is 18.2 Å². The first-order valence-electron chi connectivity index (χ1n) is 9.26. The smallest absolute Gasteiger partial charge is 0.191 e. The third-order valence-corrected chi connectivity index (χ3v) is 5.23. The van der Waals surface area contributed by atoms with Crippen molar-refractivity contribution in [1.82, 2.24) is 10.6 Å². The van der Waals surface area contributed by atoms with Crippen molar-refractivity contribution in [2.75, 3.05) is 32.9 Å². The minimum Gasteiger partial charge on any atom is -0.396 e. The van der Waals surface area contributed by atoms with Gasteiger partial charge in [0, 0.05) is 42.7 Å². The van der Waals surface area contributed by atoms with Gasteiger partial charge in [0.25, 0.3) is 0 Å². The number of rotatable bonds is 7. The second kappa shape index (κ2) is 9.97. The van der Waals surface area contributed by atoms with E-state index in [0.717, 1.165) is 6.42 Å². The highest BCUT2D eigenvalue weighted by Crippen LogP contribution is 2.43. The van der Waals surface area contributed by atoms with Gasteiger partial charge in [0.05, 0.1) is 13.2 Å². The number of nitrogens with one attached hydrogen (secondary N) is 2. The lowest BCUT2D eigenvalue weighted by Crippen LogP contribution is -2.40. The third-order valence-electron chi connectivity index (χ3n) is 5.23. The maximum Gasteiger partial charge on any atom is 0.191 e. The van der Waals surface area contributed by atoms with Crippen LogP contribution in [0.3, 0.4) is 0 Å². The molecule has 1 aromatic rings. The molecule has 152 valence electrons. The summed E-state index contributed by atoms with van der Waals surface area (Å²) in [6, 6.07) is 3.94. The van der Waals surface area contributed by atoms with E-state index >= 15 is 0 Å². The second-order valence-electron chi connectivity index (χ2n) is 7.20. The molecule has 1 saturated carbocycles. The molecule has 2 aliphatic rings. The molecular formula is C19H28F2IN3O2. The van der Waals surface area contributed by atoms with E-state index in [1.807, 2.05) is 6.92 Å². The number of nitrogens with zero attached hydrogens (tertiary/aromatic N) is 1. The van der Waals surface area contributed by atoms with Gasteiger partial charge in [-0.25, -0.2) is 8.78 Å². The topological polar surface area (TPSA) is 65.9 Å². The highest BCUT2D eigenvalue weighted by atomic mass is 127. The molecule has 1 aliphatic heterocycles. The fourth-order valence-electron chi connectivity index (χ4n) is 3.57. The number of halogens is 3. The van der Waals surface area contributed by atoms with Crippen LogP contribution >= 0.6 is 24.0 Å². The second-order valence-corrected chi connectivity index (χ2v) is 7.20. The Morgan fingerprint density at radius 1 is 1.37 bits per heavy atom. The average Bonchev–Trinajstić information content (AvgIpc) is 3.19. The van der Waals surface area contributed by atoms with Crippen LogP contribution in [0.25, 0.3) is 0 Å². The summed E-state index contributed by atoms with van der Waals surface area (Å²) in [5.41, 5.74) is 0.0272. The monoisotopic (exact) mass is 495 g/mol. The van der Waals surface area contributed by atoms with Crippen molar-refractivity contribution in [2.24, 2.45) is 10.4 Å². The van der Waals surface area contributed by atoms with Crippen molar-refractivity contribution in [3.05, 3.63) is 35.4 Å². The molecule has 0 spiro atoms. The van der Waals surface area contributed by atoms with Gasteiger partial charge in [-0.05, 0) is 38.3 Å². The van der Waals surface area contributed by atoms with Crippen molar-refractivity contribution in [2.45, 2.75) is 38.1 Å². The van der Waals surface area contributed by atoms with Crippen LogP contribution in [0.2, 0.25) is 0 Å². The molecule has 0 amide bonds. The third kappa shape index (κ3) is 5.51. The zero-order valence-corrected chi connectivity index (χ0v) is 17.8. The van der Waals surface area contributed by atoms with Crippen LogP contribution in [0.5, 0.6) is 0 Å². The summed E-state index contributed by atoms with van der Waals surface area (Å²) in [7, 11) is 0. The Kier molecular flexibility index (Phi) is 8.23. The Morgan fingerprint density at radius 2 is 2.11 bits per heavy atom. The molecular weight excluding hydrogens is 467 g/mol. The number of hydrogen-bond donors (Lipinski definition) is 3. The normalized spacial score (nSPS) is 27.2. The van der Waals surface area contributed by atoms with E-state index in [-0.39, 0.29) is 53.5 Å². The van der Waals surface area contributed by atoms with Gasteiger partial charge in [-0.15, -0.1) is 24.0 Å². The number of guanidine groups is 1. The number of aliphatic hydroxyl groups is 1. The van der Waals surface area contributed by atoms with Gasteiger partial charge in [0.1, 0.15) is 11.6 Å². The molecule has 0 bridgehead atoms. The van der Waals surface area contributed by atoms with Gasteiger partial charge in [0.15, 0.2) is 5.96 Å². The minimum atomic E-state index is -0.494. The van der Waals surface area contributed by atoms with Crippen LogP contribution < -0.4 is 10.6 Å². The lowest BCUT2D eigenvalue weighted by Gasteiger charge is -2.25. The Bertz CT molecular complexity index is 634. The number of ether oxygens (including phenoxy) is 1. The van der Waals surface area contributed by atoms with Gasteiger partial charge in [-0.3, -0.25) is 4.99 Å². The van der Waals surface area contributed by atoms with Crippen LogP contribution in [0.4, 0.5) is 8.78 Å². The van der Waals surface area contributed by atoms with Gasteiger partial charge in [0.2, 0.25) is 0 Å². The molecule has 1 aliphatic carbocycles. The quantitative estimate of drug-likeness (QED) is 0.309. The van der Waals surface area contributed by atoms with E-state index in [1.54, 1.807) is 0 Å². The Morgan fingerprint density at radius 3 is 2.70 bits per heavy atom. The molecule has 3 unspecified atom stereocenters. The van der Waals surface area contributed by atoms with E-state index < -0.39 is 11.6 Å². The molecule has 5 nitrogen and oxygen atoms in total. The standard InChI is InChI=1S/C19H27F2N3O2.HI/c1-2-22-18(23-11-19(6-8-25)7-9-26-12-19)24-16-10-13(16)17-14(20)4-3-5-15(17)21;/h3-5,13,16,25H,2,6-12H2,1H3,(H2,22,23,24);1H. The highest BCUT2D eigenvalue weighted by molar-refractivity contribution is 14.0. The zero-order valence-electron chi connectivity index (χ0n) is 15.5. The van der Waals surface area contributed by atoms with E-state index in [9.17, 15) is 13.9 Å². The fourth-order valence-corrected chi connectivity index (χ4v) is 3.57. The highest BCUT2D eigenvalue weighted by Gasteiger charge is 2.42. The average molecular weight is 495 g/mol. The van der Waals surface area contributed by atoms with E-state index in [2.05, 4.69) is 15.6 Å². The fraction of sp³-hybridized carbons (Fsp3) is 0.632. The maximum absolute atomic E-state index is 13.9. The zero-order chi connectivity index (χ0) is 18.6. The van der Waals surface area contributed by atoms with Crippen LogP contribution in [0.15, 0.2) is 23.2 Å². The summed E-state index contributed by atoms with van der Waals surface area (Å²) in [4.78, 5) is 4.66. The largest absolute Gasteiger partial charge is 0.396 e. The first kappa shape index (κ1) is 22.3. The molecule has 1 saturated heterocycles. The molecule has 3 N–H and O–H groups in total. The SMILES string of the molecule is CCNC(=NCC1(CCO)CCOC1)NC1CC1c1c(F)cccc1F.I. The molecule has 0 aromatic heterocycles. The Balaban J connectivity index is 0.00000261. The van der Waals surface area contributed by atoms with Gasteiger partial charge in [-0.1, -0.05) is 6.07 Å². The summed E-state index contributed by atoms with van der Waals surface area (Å²) in [6.07, 6.45) is 2.21. The lowest BCUT2D eigenvalue weighted by atomic mass is 9.84. The number of hydrogen-bond acceptors (Lipinski definition) is 3. The molecule has 2 fully saturated rings. The van der Waals surface area contributed by atoms with Crippen LogP contribution in [-0.4, -0.2) is 50.0 Å².